The number of rotatable bonds is 8. The van der Waals surface area contributed by atoms with Gasteiger partial charge in [0.2, 0.25) is 0 Å². The van der Waals surface area contributed by atoms with Crippen molar-refractivity contribution in [3.8, 4) is 0 Å². The molecule has 1 heterocycles. The van der Waals surface area contributed by atoms with Crippen molar-refractivity contribution in [2.24, 2.45) is 0 Å². The molecule has 1 N–H and O–H groups in total. The normalized spacial score (nSPS) is 12.9. The molecule has 1 aromatic rings. The number of hydrogen-bond acceptors (Lipinski definition) is 2. The van der Waals surface area contributed by atoms with Gasteiger partial charge in [-0.15, -0.1) is 11.3 Å². The number of nitrogens with one attached hydrogen (secondary N) is 1. The summed E-state index contributed by atoms with van der Waals surface area (Å²) in [5.41, 5.74) is 1.47. The predicted molar refractivity (Wildman–Crippen MR) is 74.4 cm³/mol. The van der Waals surface area contributed by atoms with Crippen molar-refractivity contribution in [3.63, 3.8) is 0 Å². The average molecular weight is 239 g/mol. The highest BCUT2D eigenvalue weighted by Crippen LogP contribution is 2.18. The molecular weight excluding hydrogens is 214 g/mol. The van der Waals surface area contributed by atoms with Gasteiger partial charge in [-0.25, -0.2) is 0 Å². The zero-order valence-corrected chi connectivity index (χ0v) is 11.7. The van der Waals surface area contributed by atoms with Gasteiger partial charge >= 0.3 is 0 Å². The summed E-state index contributed by atoms with van der Waals surface area (Å²) in [7, 11) is 0. The summed E-state index contributed by atoms with van der Waals surface area (Å²) in [4.78, 5) is 1.57. The molecular formula is C14H25NS. The van der Waals surface area contributed by atoms with Crippen LogP contribution >= 0.6 is 11.3 Å². The third-order valence-electron chi connectivity index (χ3n) is 3.01. The van der Waals surface area contributed by atoms with Crippen molar-refractivity contribution in [1.82, 2.24) is 5.32 Å². The summed E-state index contributed by atoms with van der Waals surface area (Å²) in [5.74, 6) is 0. The first-order valence-corrected chi connectivity index (χ1v) is 7.42. The Morgan fingerprint density at radius 2 is 2.06 bits per heavy atom. The van der Waals surface area contributed by atoms with E-state index in [0.29, 0.717) is 6.04 Å². The standard InChI is InChI=1S/C14H25NS/c1-4-6-13(15-10-5-2)7-8-14-12(3)9-11-16-14/h9,11,13,15H,4-8,10H2,1-3H3. The summed E-state index contributed by atoms with van der Waals surface area (Å²) >= 11 is 1.91. The molecule has 1 atom stereocenters. The maximum atomic E-state index is 3.66. The summed E-state index contributed by atoms with van der Waals surface area (Å²) in [6.07, 6.45) is 6.35. The maximum absolute atomic E-state index is 3.66. The second kappa shape index (κ2) is 7.86. The molecule has 92 valence electrons. The zero-order chi connectivity index (χ0) is 11.8. The van der Waals surface area contributed by atoms with Crippen LogP contribution in [0, 0.1) is 6.92 Å². The van der Waals surface area contributed by atoms with Crippen molar-refractivity contribution in [2.45, 2.75) is 58.9 Å². The summed E-state index contributed by atoms with van der Waals surface area (Å²) in [6, 6.07) is 2.94. The Bertz CT molecular complexity index is 280. The van der Waals surface area contributed by atoms with E-state index in [9.17, 15) is 0 Å². The largest absolute Gasteiger partial charge is 0.314 e. The second-order valence-corrected chi connectivity index (χ2v) is 5.51. The molecule has 2 heteroatoms. The van der Waals surface area contributed by atoms with Crippen LogP contribution in [-0.2, 0) is 6.42 Å². The lowest BCUT2D eigenvalue weighted by Gasteiger charge is -2.17. The molecule has 0 aliphatic carbocycles. The molecule has 0 bridgehead atoms. The van der Waals surface area contributed by atoms with Crippen LogP contribution < -0.4 is 5.32 Å². The Morgan fingerprint density at radius 1 is 1.25 bits per heavy atom. The van der Waals surface area contributed by atoms with E-state index in [4.69, 9.17) is 0 Å². The van der Waals surface area contributed by atoms with E-state index < -0.39 is 0 Å². The van der Waals surface area contributed by atoms with Crippen molar-refractivity contribution >= 4 is 11.3 Å². The highest BCUT2D eigenvalue weighted by Gasteiger charge is 2.08. The van der Waals surface area contributed by atoms with Crippen LogP contribution in [0.25, 0.3) is 0 Å². The summed E-state index contributed by atoms with van der Waals surface area (Å²) in [5, 5.41) is 5.86. The molecule has 0 aliphatic heterocycles. The van der Waals surface area contributed by atoms with Gasteiger partial charge in [-0.1, -0.05) is 20.3 Å². The lowest BCUT2D eigenvalue weighted by Crippen LogP contribution is -2.30. The van der Waals surface area contributed by atoms with Crippen LogP contribution in [0.5, 0.6) is 0 Å². The topological polar surface area (TPSA) is 12.0 Å². The molecule has 0 aliphatic rings. The minimum absolute atomic E-state index is 0.714. The van der Waals surface area contributed by atoms with Gasteiger partial charge in [-0.3, -0.25) is 0 Å². The third-order valence-corrected chi connectivity index (χ3v) is 4.09. The molecule has 0 saturated heterocycles. The number of aryl methyl sites for hydroxylation is 2. The Balaban J connectivity index is 2.34. The van der Waals surface area contributed by atoms with Gasteiger partial charge in [-0.2, -0.15) is 0 Å². The lowest BCUT2D eigenvalue weighted by molar-refractivity contribution is 0.449. The molecule has 1 rings (SSSR count). The Morgan fingerprint density at radius 3 is 2.62 bits per heavy atom. The van der Waals surface area contributed by atoms with E-state index in [1.165, 1.54) is 37.7 Å². The van der Waals surface area contributed by atoms with Crippen molar-refractivity contribution in [1.29, 1.82) is 0 Å². The first-order valence-electron chi connectivity index (χ1n) is 6.54. The minimum atomic E-state index is 0.714. The first kappa shape index (κ1) is 13.7. The zero-order valence-electron chi connectivity index (χ0n) is 10.9. The SMILES string of the molecule is CCCNC(CCC)CCc1sccc1C. The van der Waals surface area contributed by atoms with Gasteiger partial charge in [0.1, 0.15) is 0 Å². The van der Waals surface area contributed by atoms with E-state index in [1.54, 1.807) is 4.88 Å². The first-order chi connectivity index (χ1) is 7.77. The summed E-state index contributed by atoms with van der Waals surface area (Å²) in [6.45, 7) is 7.89. The predicted octanol–water partition coefficient (Wildman–Crippen LogP) is 4.16. The molecule has 16 heavy (non-hydrogen) atoms. The van der Waals surface area contributed by atoms with Crippen LogP contribution in [0.4, 0.5) is 0 Å². The fraction of sp³-hybridized carbons (Fsp3) is 0.714. The molecule has 0 fully saturated rings. The van der Waals surface area contributed by atoms with Gasteiger partial charge in [0, 0.05) is 10.9 Å². The van der Waals surface area contributed by atoms with E-state index in [-0.39, 0.29) is 0 Å². The second-order valence-electron chi connectivity index (χ2n) is 4.51. The van der Waals surface area contributed by atoms with Crippen LogP contribution in [0.15, 0.2) is 11.4 Å². The lowest BCUT2D eigenvalue weighted by atomic mass is 10.0. The molecule has 0 radical (unpaired) electrons. The minimum Gasteiger partial charge on any atom is -0.314 e. The maximum Gasteiger partial charge on any atom is 0.00749 e. The van der Waals surface area contributed by atoms with E-state index >= 15 is 0 Å². The summed E-state index contributed by atoms with van der Waals surface area (Å²) < 4.78 is 0. The van der Waals surface area contributed by atoms with E-state index in [2.05, 4.69) is 37.5 Å². The van der Waals surface area contributed by atoms with Crippen molar-refractivity contribution in [3.05, 3.63) is 21.9 Å². The monoisotopic (exact) mass is 239 g/mol. The van der Waals surface area contributed by atoms with E-state index in [1.807, 2.05) is 11.3 Å². The van der Waals surface area contributed by atoms with Crippen molar-refractivity contribution in [2.75, 3.05) is 6.54 Å². The molecule has 1 nitrogen and oxygen atoms in total. The van der Waals surface area contributed by atoms with Gasteiger partial charge in [0.15, 0.2) is 0 Å². The van der Waals surface area contributed by atoms with Gasteiger partial charge < -0.3 is 5.32 Å². The average Bonchev–Trinajstić information content (AvgIpc) is 2.68. The highest BCUT2D eigenvalue weighted by atomic mass is 32.1. The highest BCUT2D eigenvalue weighted by molar-refractivity contribution is 7.10. The fourth-order valence-corrected chi connectivity index (χ4v) is 2.94. The van der Waals surface area contributed by atoms with Gasteiger partial charge in [0.25, 0.3) is 0 Å². The van der Waals surface area contributed by atoms with Gasteiger partial charge in [0.05, 0.1) is 0 Å². The van der Waals surface area contributed by atoms with Crippen molar-refractivity contribution < 1.29 is 0 Å². The fourth-order valence-electron chi connectivity index (χ4n) is 2.01. The van der Waals surface area contributed by atoms with E-state index in [0.717, 1.165) is 6.54 Å². The molecule has 0 saturated carbocycles. The van der Waals surface area contributed by atoms with Gasteiger partial charge in [-0.05, 0) is 56.2 Å². The smallest absolute Gasteiger partial charge is 0.00749 e. The molecule has 0 spiro atoms. The Kier molecular flexibility index (Phi) is 6.74. The molecule has 1 aromatic heterocycles. The number of thiophene rings is 1. The van der Waals surface area contributed by atoms with Crippen LogP contribution in [0.2, 0.25) is 0 Å². The Labute approximate surface area is 104 Å². The van der Waals surface area contributed by atoms with Crippen LogP contribution in [0.3, 0.4) is 0 Å². The third kappa shape index (κ3) is 4.67. The quantitative estimate of drug-likeness (QED) is 0.718. The van der Waals surface area contributed by atoms with Crippen LogP contribution in [0.1, 0.15) is 50.0 Å². The molecule has 0 aromatic carbocycles. The Hall–Kier alpha value is -0.340. The molecule has 0 amide bonds. The number of hydrogen-bond donors (Lipinski definition) is 1. The van der Waals surface area contributed by atoms with Crippen LogP contribution in [-0.4, -0.2) is 12.6 Å². The molecule has 1 unspecified atom stereocenters.